The monoisotopic (exact) mass is 1280 g/mol. The number of allylic oxidation sites excluding steroid dienone is 1. The summed E-state index contributed by atoms with van der Waals surface area (Å²) in [5.41, 5.74) is -0.629. The fourth-order valence-electron chi connectivity index (χ4n) is 10.9. The Morgan fingerprint density at radius 1 is 0.618 bits per heavy atom. The number of methoxy groups -OCH3 is 2. The van der Waals surface area contributed by atoms with Gasteiger partial charge in [0.25, 0.3) is 0 Å². The zero-order chi connectivity index (χ0) is 64.8. The van der Waals surface area contributed by atoms with Gasteiger partial charge >= 0.3 is 54.6 Å². The molecule has 89 heavy (non-hydrogen) atoms. The van der Waals surface area contributed by atoms with Gasteiger partial charge in [0.05, 0.1) is 32.6 Å². The fourth-order valence-corrected chi connectivity index (χ4v) is 11.6. The van der Waals surface area contributed by atoms with E-state index in [0.29, 0.717) is 51.7 Å². The fraction of sp³-hybridized carbons (Fsp3) is 0.672. The maximum absolute atomic E-state index is 14.9. The minimum absolute atomic E-state index is 0. The van der Waals surface area contributed by atoms with Gasteiger partial charge in [-0.3, -0.25) is 28.8 Å². The molecule has 2 saturated heterocycles. The Bertz CT molecular complexity index is 2340. The van der Waals surface area contributed by atoms with Gasteiger partial charge in [-0.15, -0.1) is 0 Å². The molecule has 19 nitrogen and oxygen atoms in total. The van der Waals surface area contributed by atoms with Crippen LogP contribution in [-0.2, 0) is 87.8 Å². The number of unbranched alkanes of at least 4 members (excludes halogenated alkanes) is 6. The maximum atomic E-state index is 14.9. The summed E-state index contributed by atoms with van der Waals surface area (Å²) in [6.07, 6.45) is 16.6. The quantitative estimate of drug-likeness (QED) is 0.0112. The largest absolute Gasteiger partial charge is 1.00 e. The summed E-state index contributed by atoms with van der Waals surface area (Å²) in [6, 6.07) is 14.1. The first kappa shape index (κ1) is 84.2. The molecule has 0 radical (unpaired) electrons. The van der Waals surface area contributed by atoms with E-state index < -0.39 is 61.9 Å². The molecule has 6 rings (SSSR count). The van der Waals surface area contributed by atoms with E-state index in [1.165, 1.54) is 89.8 Å². The van der Waals surface area contributed by atoms with Crippen LogP contribution >= 0.6 is 8.15 Å². The van der Waals surface area contributed by atoms with Crippen molar-refractivity contribution in [2.45, 2.75) is 199 Å². The second-order valence-electron chi connectivity index (χ2n) is 21.4. The first-order valence-electron chi connectivity index (χ1n) is 29.7. The van der Waals surface area contributed by atoms with Gasteiger partial charge in [-0.2, -0.15) is 17.6 Å². The molecule has 2 aliphatic heterocycles. The molecule has 25 heteroatoms. The summed E-state index contributed by atoms with van der Waals surface area (Å²) in [6.45, 7) is 5.66. The number of aldehydes is 1. The molecule has 1 N–H and O–H groups in total. The number of rotatable bonds is 30. The van der Waals surface area contributed by atoms with Crippen molar-refractivity contribution in [2.75, 3.05) is 54.5 Å². The molecule has 0 bridgehead atoms. The van der Waals surface area contributed by atoms with E-state index in [1.54, 1.807) is 18.8 Å². The van der Waals surface area contributed by atoms with E-state index in [0.717, 1.165) is 109 Å². The van der Waals surface area contributed by atoms with Gasteiger partial charge in [0.2, 0.25) is 11.6 Å². The number of hydrogen-bond donors (Lipinski definition) is 1. The summed E-state index contributed by atoms with van der Waals surface area (Å²) in [5, 5.41) is 7.00. The number of aliphatic hydroxyl groups is 1. The number of carbonyl (C=O) groups excluding carboxylic acids is 7. The van der Waals surface area contributed by atoms with Gasteiger partial charge in [-0.1, -0.05) is 113 Å². The SMILES string of the molecule is C.CO.COC(=O)CCCCCCC1[C@@H](OC(C)=O)C[C@@H](OC2CCCCO2)[C@@H]1/C=C/C(=O)C(F)(F)c1ccccc1.COC(=O)CCCCCCC1[C@@H](OC(C)=O)C[C@@H](OC2CCCCO2)[C@@H]1C=O.COP(C)CC(=O)C(F)(F)c1ccccc1.O=O.[H-].[Li+]. The van der Waals surface area contributed by atoms with Crippen LogP contribution in [0.5, 0.6) is 0 Å². The van der Waals surface area contributed by atoms with Crippen LogP contribution in [0.4, 0.5) is 17.6 Å². The number of aliphatic hydroxyl groups excluding tert-OH is 1. The molecule has 2 aromatic rings. The van der Waals surface area contributed by atoms with Crippen LogP contribution < -0.4 is 18.9 Å². The summed E-state index contributed by atoms with van der Waals surface area (Å²) in [5.74, 6) is -11.6. The number of benzene rings is 2. The number of carbonyl (C=O) groups is 7. The van der Waals surface area contributed by atoms with Gasteiger partial charge in [-0.05, 0) is 76.9 Å². The zero-order valence-electron chi connectivity index (χ0n) is 53.3. The first-order valence-corrected chi connectivity index (χ1v) is 31.6. The molecular formula is C64H96F4LiO19P. The molecule has 0 spiro atoms. The first-order chi connectivity index (χ1) is 41.7. The molecule has 4 aliphatic rings. The van der Waals surface area contributed by atoms with Crippen molar-refractivity contribution in [1.82, 2.24) is 0 Å². The van der Waals surface area contributed by atoms with E-state index in [4.69, 9.17) is 48.0 Å². The average molecular weight is 1280 g/mol. The Labute approximate surface area is 537 Å². The van der Waals surface area contributed by atoms with Crippen LogP contribution in [0.1, 0.15) is 162 Å². The number of ketones is 2. The Morgan fingerprint density at radius 3 is 1.40 bits per heavy atom. The van der Waals surface area contributed by atoms with Crippen LogP contribution in [0.15, 0.2) is 72.8 Å². The second kappa shape index (κ2) is 47.1. The van der Waals surface area contributed by atoms with Crippen LogP contribution in [0.25, 0.3) is 0 Å². The molecule has 500 valence electrons. The Kier molecular flexibility index (Phi) is 44.6. The minimum atomic E-state index is -3.66. The van der Waals surface area contributed by atoms with Crippen LogP contribution in [-0.4, -0.2) is 138 Å². The smallest absolute Gasteiger partial charge is 1.00 e. The van der Waals surface area contributed by atoms with Gasteiger partial charge < -0.3 is 53.7 Å². The van der Waals surface area contributed by atoms with Crippen molar-refractivity contribution in [3.63, 3.8) is 0 Å². The van der Waals surface area contributed by atoms with Gasteiger partial charge in [0.15, 0.2) is 12.6 Å². The molecule has 11 atom stereocenters. The third-order valence-electron chi connectivity index (χ3n) is 15.3. The molecule has 0 amide bonds. The van der Waals surface area contributed by atoms with Gasteiger partial charge in [0, 0.05) is 120 Å². The number of ether oxygens (including phenoxy) is 8. The summed E-state index contributed by atoms with van der Waals surface area (Å²) in [7, 11) is 4.07. The molecule has 5 unspecified atom stereocenters. The van der Waals surface area contributed by atoms with Gasteiger partial charge in [-0.25, -0.2) is 0 Å². The Balaban J connectivity index is 0. The zero-order valence-corrected chi connectivity index (χ0v) is 53.2. The molecular weight excluding hydrogens is 1190 g/mol. The van der Waals surface area contributed by atoms with Crippen molar-refractivity contribution in [2.24, 2.45) is 23.7 Å². The van der Waals surface area contributed by atoms with Crippen molar-refractivity contribution in [3.05, 3.63) is 93.9 Å². The maximum Gasteiger partial charge on any atom is 1.00 e. The van der Waals surface area contributed by atoms with Gasteiger partial charge in [0.1, 0.15) is 18.5 Å². The number of alkyl halides is 4. The van der Waals surface area contributed by atoms with Crippen LogP contribution in [0.3, 0.4) is 0 Å². The molecule has 2 saturated carbocycles. The van der Waals surface area contributed by atoms with Crippen molar-refractivity contribution in [3.8, 4) is 0 Å². The molecule has 2 aromatic carbocycles. The summed E-state index contributed by atoms with van der Waals surface area (Å²) < 4.78 is 106. The standard InChI is InChI=1S/C30H40F2O7.C21H34O7.C11H13F2O2P.CH4O.CH4.Li.O2.H/c1-21(33)38-25-20-26(39-29-16-10-11-19-37-29)24(23(25)14-8-3-4-9-15-28(35)36-2)17-18-27(34)30(31,32)22-12-6-5-7-13-22;1-15(23)27-18-13-19(28-21-11-7-8-12-26-21)17(14-22)16(18)9-5-3-4-6-10-20(24)25-2;1-15-16(2)8-10(14)11(12,13)9-6-4-3-5-7-9;1-2;;;1-2;/h5-7,12-13,17-18,23-26,29H,3-4,8-11,14-16,19-20H2,1-2H3;14,16-19,21H,3-13H2,1-2H3;3-7H,8H2,1-2H3;2H,1H3;1H4;;;/q;;;;;+1;;-1/b18-17+;;;;;;;/t23?,24-,25+,26-,29?;16?,17-,18+,19-,21?;;;;;;/m11....../s1. The number of halogens is 4. The van der Waals surface area contributed by atoms with E-state index in [9.17, 15) is 51.1 Å². The molecule has 2 heterocycles. The molecule has 4 fully saturated rings. The topological polar surface area (TPSA) is 257 Å². The summed E-state index contributed by atoms with van der Waals surface area (Å²) in [4.78, 5) is 95.8. The predicted octanol–water partition coefficient (Wildman–Crippen LogP) is 9.52. The van der Waals surface area contributed by atoms with Crippen LogP contribution in [0, 0.1) is 33.6 Å². The second-order valence-corrected chi connectivity index (χ2v) is 23.3. The third-order valence-corrected chi connectivity index (χ3v) is 16.7. The van der Waals surface area contributed by atoms with E-state index in [1.807, 2.05) is 0 Å². The van der Waals surface area contributed by atoms with Crippen molar-refractivity contribution in [1.29, 1.82) is 0 Å². The van der Waals surface area contributed by atoms with Crippen LogP contribution in [0.2, 0.25) is 0 Å². The number of esters is 4. The van der Waals surface area contributed by atoms with E-state index in [-0.39, 0.29) is 99.2 Å². The minimum Gasteiger partial charge on any atom is -1.00 e. The van der Waals surface area contributed by atoms with Crippen molar-refractivity contribution < 1.29 is 119 Å². The Morgan fingerprint density at radius 2 is 1.02 bits per heavy atom. The Hall–Kier alpha value is -4.82. The normalized spacial score (nSPS) is 23.1. The molecule has 2 aliphatic carbocycles. The van der Waals surface area contributed by atoms with E-state index in [2.05, 4.69) is 9.47 Å². The van der Waals surface area contributed by atoms with E-state index >= 15 is 0 Å². The predicted molar refractivity (Wildman–Crippen MR) is 324 cm³/mol. The number of Topliss-reactive ketones (excluding diaryl/α,β-unsaturated/α-hetero) is 1. The number of hydrogen-bond acceptors (Lipinski definition) is 19. The summed E-state index contributed by atoms with van der Waals surface area (Å²) >= 11 is 0. The average Bonchev–Trinajstić information content (AvgIpc) is 1.64. The third kappa shape index (κ3) is 30.4. The molecule has 0 aromatic heterocycles. The van der Waals surface area contributed by atoms with Crippen molar-refractivity contribution >= 4 is 49.9 Å².